The van der Waals surface area contributed by atoms with Gasteiger partial charge in [0.05, 0.1) is 15.6 Å². The van der Waals surface area contributed by atoms with Crippen LogP contribution in [0, 0.1) is 0 Å². The van der Waals surface area contributed by atoms with E-state index in [0.29, 0.717) is 36.4 Å². The lowest BCUT2D eigenvalue weighted by Crippen LogP contribution is -2.23. The van der Waals surface area contributed by atoms with E-state index in [1.807, 2.05) is 0 Å². The Bertz CT molecular complexity index is 883. The van der Waals surface area contributed by atoms with Gasteiger partial charge in [0, 0.05) is 29.5 Å². The summed E-state index contributed by atoms with van der Waals surface area (Å²) < 4.78 is 0. The van der Waals surface area contributed by atoms with E-state index in [2.05, 4.69) is 9.98 Å². The Kier molecular flexibility index (Phi) is 5.15. The molecule has 0 saturated carbocycles. The van der Waals surface area contributed by atoms with Gasteiger partial charge in [-0.2, -0.15) is 0 Å². The van der Waals surface area contributed by atoms with Gasteiger partial charge >= 0.3 is 0 Å². The van der Waals surface area contributed by atoms with Gasteiger partial charge in [-0.15, -0.1) is 0 Å². The van der Waals surface area contributed by atoms with Gasteiger partial charge in [-0.3, -0.25) is 14.7 Å². The lowest BCUT2D eigenvalue weighted by molar-refractivity contribution is -0.121. The van der Waals surface area contributed by atoms with E-state index < -0.39 is 0 Å². The number of amides is 1. The van der Waals surface area contributed by atoms with Crippen molar-refractivity contribution in [3.63, 3.8) is 0 Å². The molecule has 2 heterocycles. The highest BCUT2D eigenvalue weighted by molar-refractivity contribution is 8.18. The first kappa shape index (κ1) is 17.3. The molecule has 1 aromatic heterocycles. The summed E-state index contributed by atoms with van der Waals surface area (Å²) in [5.74, 6) is -0.157. The normalized spacial score (nSPS) is 18.0. The topological polar surface area (TPSA) is 45.6 Å². The number of benzene rings is 1. The first-order chi connectivity index (χ1) is 11.5. The third-order valence-electron chi connectivity index (χ3n) is 3.22. The second kappa shape index (κ2) is 7.15. The first-order valence-corrected chi connectivity index (χ1v) is 8.71. The van der Waals surface area contributed by atoms with E-state index in [-0.39, 0.29) is 5.91 Å². The quantitative estimate of drug-likeness (QED) is 0.647. The van der Waals surface area contributed by atoms with Crippen molar-refractivity contribution in [2.24, 2.45) is 4.99 Å². The molecule has 1 saturated heterocycles. The third-order valence-corrected chi connectivity index (χ3v) is 5.13. The number of hydrogen-bond donors (Lipinski definition) is 0. The van der Waals surface area contributed by atoms with Crippen LogP contribution in [0.3, 0.4) is 0 Å². The molecule has 0 bridgehead atoms. The summed E-state index contributed by atoms with van der Waals surface area (Å²) in [6, 6.07) is 6.81. The smallest absolute Gasteiger partial charge is 0.266 e. The molecular formula is C16H10Cl3N3OS. The summed E-state index contributed by atoms with van der Waals surface area (Å²) in [6.45, 7) is 0. The number of aliphatic imine (C=N–C) groups is 1. The van der Waals surface area contributed by atoms with Crippen molar-refractivity contribution in [3.8, 4) is 0 Å². The Morgan fingerprint density at radius 3 is 2.71 bits per heavy atom. The molecule has 0 N–H and O–H groups in total. The molecule has 0 unspecified atom stereocenters. The summed E-state index contributed by atoms with van der Waals surface area (Å²) >= 11 is 19.4. The van der Waals surface area contributed by atoms with Crippen molar-refractivity contribution in [2.45, 2.75) is 0 Å². The van der Waals surface area contributed by atoms with Crippen molar-refractivity contribution in [1.29, 1.82) is 0 Å². The summed E-state index contributed by atoms with van der Waals surface area (Å²) in [6.07, 6.45) is 4.82. The van der Waals surface area contributed by atoms with Crippen LogP contribution < -0.4 is 0 Å². The zero-order valence-electron chi connectivity index (χ0n) is 12.3. The summed E-state index contributed by atoms with van der Waals surface area (Å²) in [7, 11) is 1.66. The molecule has 1 fully saturated rings. The molecule has 1 aromatic carbocycles. The van der Waals surface area contributed by atoms with E-state index in [1.165, 1.54) is 22.9 Å². The van der Waals surface area contributed by atoms with Crippen molar-refractivity contribution in [2.75, 3.05) is 7.05 Å². The molecule has 0 radical (unpaired) electrons. The van der Waals surface area contributed by atoms with E-state index in [9.17, 15) is 4.79 Å². The highest BCUT2D eigenvalue weighted by atomic mass is 35.5. The number of aromatic nitrogens is 1. The average molecular weight is 399 g/mol. The van der Waals surface area contributed by atoms with Gasteiger partial charge in [0.25, 0.3) is 5.91 Å². The van der Waals surface area contributed by atoms with E-state index in [4.69, 9.17) is 34.8 Å². The number of likely N-dealkylation sites (N-methyl/N-ethyl adjacent to an activating group) is 1. The average Bonchev–Trinajstić information content (AvgIpc) is 2.80. The fourth-order valence-corrected chi connectivity index (χ4v) is 3.57. The van der Waals surface area contributed by atoms with Gasteiger partial charge in [0.2, 0.25) is 0 Å². The largest absolute Gasteiger partial charge is 0.290 e. The van der Waals surface area contributed by atoms with Gasteiger partial charge in [-0.1, -0.05) is 40.9 Å². The van der Waals surface area contributed by atoms with Crippen LogP contribution in [0.4, 0.5) is 5.69 Å². The summed E-state index contributed by atoms with van der Waals surface area (Å²) in [4.78, 5) is 22.8. The highest BCUT2D eigenvalue weighted by Crippen LogP contribution is 2.35. The minimum Gasteiger partial charge on any atom is -0.290 e. The zero-order chi connectivity index (χ0) is 17.3. The number of carbonyl (C=O) groups is 1. The lowest BCUT2D eigenvalue weighted by atomic mass is 10.2. The molecule has 2 aromatic rings. The molecule has 1 aliphatic rings. The predicted molar refractivity (Wildman–Crippen MR) is 101 cm³/mol. The number of amidine groups is 1. The zero-order valence-corrected chi connectivity index (χ0v) is 15.4. The predicted octanol–water partition coefficient (Wildman–Crippen LogP) is 5.28. The van der Waals surface area contributed by atoms with Gasteiger partial charge < -0.3 is 0 Å². The minimum atomic E-state index is -0.157. The molecule has 0 spiro atoms. The number of hydrogen-bond acceptors (Lipinski definition) is 4. The lowest BCUT2D eigenvalue weighted by Gasteiger charge is -2.07. The molecular weight excluding hydrogens is 389 g/mol. The van der Waals surface area contributed by atoms with Crippen LogP contribution in [-0.4, -0.2) is 28.0 Å². The maximum absolute atomic E-state index is 12.4. The van der Waals surface area contributed by atoms with Crippen LogP contribution in [0.1, 0.15) is 5.56 Å². The minimum absolute atomic E-state index is 0.157. The molecule has 122 valence electrons. The van der Waals surface area contributed by atoms with Crippen molar-refractivity contribution in [1.82, 2.24) is 9.88 Å². The number of pyridine rings is 1. The Morgan fingerprint density at radius 1 is 1.21 bits per heavy atom. The fraction of sp³-hybridized carbons (Fsp3) is 0.0625. The Balaban J connectivity index is 1.94. The maximum atomic E-state index is 12.4. The maximum Gasteiger partial charge on any atom is 0.266 e. The Morgan fingerprint density at radius 2 is 2.00 bits per heavy atom. The van der Waals surface area contributed by atoms with Crippen LogP contribution in [0.15, 0.2) is 46.6 Å². The number of carbonyl (C=O) groups excluding carboxylic acids is 1. The molecule has 24 heavy (non-hydrogen) atoms. The third kappa shape index (κ3) is 3.59. The van der Waals surface area contributed by atoms with Crippen molar-refractivity contribution < 1.29 is 4.79 Å². The number of thioether (sulfide) groups is 1. The second-order valence-electron chi connectivity index (χ2n) is 4.86. The molecule has 4 nitrogen and oxygen atoms in total. The Hall–Kier alpha value is -1.53. The molecule has 1 amide bonds. The molecule has 0 atom stereocenters. The highest BCUT2D eigenvalue weighted by Gasteiger charge is 2.30. The summed E-state index contributed by atoms with van der Waals surface area (Å²) in [5, 5.41) is 1.97. The van der Waals surface area contributed by atoms with Gasteiger partial charge in [-0.05, 0) is 41.6 Å². The van der Waals surface area contributed by atoms with Crippen LogP contribution in [0.5, 0.6) is 0 Å². The van der Waals surface area contributed by atoms with Crippen LogP contribution in [0.2, 0.25) is 15.1 Å². The monoisotopic (exact) mass is 397 g/mol. The Labute approximate surface area is 158 Å². The second-order valence-corrected chi connectivity index (χ2v) is 7.12. The van der Waals surface area contributed by atoms with E-state index >= 15 is 0 Å². The van der Waals surface area contributed by atoms with E-state index in [0.717, 1.165) is 0 Å². The van der Waals surface area contributed by atoms with Gasteiger partial charge in [0.15, 0.2) is 5.17 Å². The molecule has 3 rings (SSSR count). The number of halogens is 3. The van der Waals surface area contributed by atoms with E-state index in [1.54, 1.807) is 43.6 Å². The first-order valence-electron chi connectivity index (χ1n) is 6.76. The van der Waals surface area contributed by atoms with Gasteiger partial charge in [-0.25, -0.2) is 4.99 Å². The molecule has 0 aliphatic carbocycles. The number of rotatable bonds is 2. The van der Waals surface area contributed by atoms with Crippen LogP contribution in [0.25, 0.3) is 6.08 Å². The summed E-state index contributed by atoms with van der Waals surface area (Å²) in [5.41, 5.74) is 1.27. The van der Waals surface area contributed by atoms with Crippen molar-refractivity contribution >= 4 is 69.4 Å². The standard InChI is InChI=1S/C16H10Cl3N3OS/c1-22-15(23)14(6-9-2-3-10(17)7-11(9)18)24-16(22)21-13-4-5-20-8-12(13)19/h2-8H,1H3/b14-6-,21-16?. The fourth-order valence-electron chi connectivity index (χ4n) is 1.97. The van der Waals surface area contributed by atoms with Gasteiger partial charge in [0.1, 0.15) is 0 Å². The SMILES string of the molecule is CN1C(=O)/C(=C/c2ccc(Cl)cc2Cl)SC1=Nc1ccncc1Cl. The number of nitrogens with zero attached hydrogens (tertiary/aromatic N) is 3. The van der Waals surface area contributed by atoms with Crippen LogP contribution in [-0.2, 0) is 4.79 Å². The van der Waals surface area contributed by atoms with Crippen LogP contribution >= 0.6 is 46.6 Å². The van der Waals surface area contributed by atoms with Crippen molar-refractivity contribution in [3.05, 3.63) is 62.2 Å². The molecule has 1 aliphatic heterocycles. The molecule has 8 heteroatoms.